The minimum absolute atomic E-state index is 0.0419. The van der Waals surface area contributed by atoms with Gasteiger partial charge in [0.2, 0.25) is 0 Å². The third-order valence-corrected chi connectivity index (χ3v) is 11.0. The second-order valence-corrected chi connectivity index (χ2v) is 12.7. The number of carbonyl (C=O) groups excluding carboxylic acids is 2. The molecule has 35 heavy (non-hydrogen) atoms. The number of hydrogen-bond donors (Lipinski definition) is 2. The lowest BCUT2D eigenvalue weighted by Gasteiger charge is -2.61. The molecule has 0 saturated heterocycles. The number of ether oxygens (including phenoxy) is 1. The average molecular weight is 501 g/mol. The van der Waals surface area contributed by atoms with Gasteiger partial charge in [0.05, 0.1) is 18.5 Å². The van der Waals surface area contributed by atoms with Crippen LogP contribution in [-0.2, 0) is 20.9 Å². The number of Topliss-reactive ketones (excluding diaryl/α,β-unsaturated/α-hetero) is 1. The van der Waals surface area contributed by atoms with Gasteiger partial charge in [-0.25, -0.2) is 0 Å². The van der Waals surface area contributed by atoms with Crippen molar-refractivity contribution in [2.75, 3.05) is 5.75 Å². The predicted molar refractivity (Wildman–Crippen MR) is 138 cm³/mol. The molecule has 0 heterocycles. The fourth-order valence-electron chi connectivity index (χ4n) is 7.57. The van der Waals surface area contributed by atoms with Gasteiger partial charge in [-0.2, -0.15) is 0 Å². The van der Waals surface area contributed by atoms with E-state index in [1.165, 1.54) is 11.8 Å². The highest BCUT2D eigenvalue weighted by Crippen LogP contribution is 2.68. The van der Waals surface area contributed by atoms with E-state index < -0.39 is 23.0 Å². The highest BCUT2D eigenvalue weighted by atomic mass is 32.2. The summed E-state index contributed by atoms with van der Waals surface area (Å²) in [7, 11) is 0. The Labute approximate surface area is 213 Å². The van der Waals surface area contributed by atoms with Gasteiger partial charge in [-0.05, 0) is 60.6 Å². The molecule has 192 valence electrons. The van der Waals surface area contributed by atoms with E-state index in [2.05, 4.69) is 27.4 Å². The van der Waals surface area contributed by atoms with Crippen LogP contribution in [0.25, 0.3) is 0 Å². The number of esters is 1. The molecule has 8 atom stereocenters. The van der Waals surface area contributed by atoms with Crippen LogP contribution >= 0.6 is 11.8 Å². The molecule has 1 aromatic carbocycles. The summed E-state index contributed by atoms with van der Waals surface area (Å²) >= 11 is 1.38. The Morgan fingerprint density at radius 1 is 1.29 bits per heavy atom. The Hall–Kier alpha value is -1.63. The molecule has 3 saturated carbocycles. The van der Waals surface area contributed by atoms with Crippen LogP contribution in [0, 0.1) is 34.0 Å². The third kappa shape index (κ3) is 4.30. The first-order valence-corrected chi connectivity index (χ1v) is 13.9. The van der Waals surface area contributed by atoms with Gasteiger partial charge in [0.1, 0.15) is 11.9 Å². The van der Waals surface area contributed by atoms with Crippen molar-refractivity contribution in [2.45, 2.75) is 83.5 Å². The highest BCUT2D eigenvalue weighted by Gasteiger charge is 2.68. The first kappa shape index (κ1) is 26.4. The number of ketones is 1. The van der Waals surface area contributed by atoms with Gasteiger partial charge in [0.15, 0.2) is 0 Å². The number of carbonyl (C=O) groups is 2. The molecule has 0 aromatic heterocycles. The number of thioether (sulfide) groups is 1. The van der Waals surface area contributed by atoms with E-state index >= 15 is 0 Å². The Morgan fingerprint density at radius 2 is 2.03 bits per heavy atom. The van der Waals surface area contributed by atoms with Gasteiger partial charge in [-0.15, -0.1) is 18.3 Å². The molecule has 3 aliphatic carbocycles. The van der Waals surface area contributed by atoms with Crippen LogP contribution in [0.4, 0.5) is 0 Å². The van der Waals surface area contributed by atoms with E-state index in [9.17, 15) is 19.8 Å². The lowest BCUT2D eigenvalue weighted by atomic mass is 9.44. The standard InChI is InChI=1S/C29H40O5S/c1-6-27(4)15-23(34-24(32)17-35-21-9-7-8-20(14-21)16-30)28(5)18(2)10-12-29(19(3)26(27)33)13-11-22(31)25(28)29/h6-9,14,18-19,23,25-26,30,33H,1,10-13,15-17H2,2-5H3/t18?,19-,23+,25?,26-,27+,28-,29?/m0/s1. The molecule has 0 amide bonds. The quantitative estimate of drug-likeness (QED) is 0.318. The van der Waals surface area contributed by atoms with Gasteiger partial charge in [-0.3, -0.25) is 9.59 Å². The van der Waals surface area contributed by atoms with E-state index in [-0.39, 0.29) is 47.3 Å². The van der Waals surface area contributed by atoms with Crippen LogP contribution in [0.2, 0.25) is 0 Å². The number of aliphatic hydroxyl groups excluding tert-OH is 2. The van der Waals surface area contributed by atoms with Crippen molar-refractivity contribution in [1.82, 2.24) is 0 Å². The summed E-state index contributed by atoms with van der Waals surface area (Å²) in [5, 5.41) is 21.0. The molecule has 3 unspecified atom stereocenters. The van der Waals surface area contributed by atoms with Crippen LogP contribution in [-0.4, -0.2) is 39.9 Å². The first-order chi connectivity index (χ1) is 16.5. The zero-order valence-corrected chi connectivity index (χ0v) is 22.3. The molecule has 3 fully saturated rings. The van der Waals surface area contributed by atoms with Crippen molar-refractivity contribution in [3.8, 4) is 0 Å². The minimum Gasteiger partial charge on any atom is -0.461 e. The van der Waals surface area contributed by atoms with Crippen LogP contribution in [0.5, 0.6) is 0 Å². The van der Waals surface area contributed by atoms with Crippen molar-refractivity contribution in [2.24, 2.45) is 34.0 Å². The van der Waals surface area contributed by atoms with E-state index in [0.717, 1.165) is 29.7 Å². The molecule has 4 rings (SSSR count). The zero-order chi connectivity index (χ0) is 25.6. The monoisotopic (exact) mass is 500 g/mol. The lowest BCUT2D eigenvalue weighted by molar-refractivity contribution is -0.205. The van der Waals surface area contributed by atoms with Crippen LogP contribution in [0.15, 0.2) is 41.8 Å². The van der Waals surface area contributed by atoms with Crippen LogP contribution in [0.1, 0.15) is 65.4 Å². The fraction of sp³-hybridized carbons (Fsp3) is 0.655. The van der Waals surface area contributed by atoms with Gasteiger partial charge < -0.3 is 14.9 Å². The smallest absolute Gasteiger partial charge is 0.316 e. The Kier molecular flexibility index (Phi) is 7.31. The topological polar surface area (TPSA) is 83.8 Å². The summed E-state index contributed by atoms with van der Waals surface area (Å²) in [4.78, 5) is 27.5. The number of rotatable bonds is 6. The minimum atomic E-state index is -0.664. The number of aliphatic hydroxyl groups is 2. The zero-order valence-electron chi connectivity index (χ0n) is 21.5. The second-order valence-electron chi connectivity index (χ2n) is 11.7. The van der Waals surface area contributed by atoms with E-state index in [1.807, 2.05) is 37.3 Å². The summed E-state index contributed by atoms with van der Waals surface area (Å²) in [6.07, 6.45) is 4.31. The lowest BCUT2D eigenvalue weighted by Crippen LogP contribution is -2.63. The molecule has 6 heteroatoms. The van der Waals surface area contributed by atoms with Crippen molar-refractivity contribution < 1.29 is 24.5 Å². The summed E-state index contributed by atoms with van der Waals surface area (Å²) in [5.41, 5.74) is -0.601. The van der Waals surface area contributed by atoms with Crippen molar-refractivity contribution >= 4 is 23.5 Å². The van der Waals surface area contributed by atoms with Crippen LogP contribution < -0.4 is 0 Å². The highest BCUT2D eigenvalue weighted by molar-refractivity contribution is 8.00. The predicted octanol–water partition coefficient (Wildman–Crippen LogP) is 5.18. The summed E-state index contributed by atoms with van der Waals surface area (Å²) in [6, 6.07) is 7.49. The van der Waals surface area contributed by atoms with Crippen molar-refractivity contribution in [3.05, 3.63) is 42.5 Å². The molecule has 2 N–H and O–H groups in total. The normalized spacial score (nSPS) is 41.0. The van der Waals surface area contributed by atoms with E-state index in [0.29, 0.717) is 12.8 Å². The van der Waals surface area contributed by atoms with Gasteiger partial charge in [0, 0.05) is 28.1 Å². The molecule has 1 aromatic rings. The second kappa shape index (κ2) is 9.68. The molecular weight excluding hydrogens is 460 g/mol. The summed E-state index contributed by atoms with van der Waals surface area (Å²) in [5.74, 6) is 0.0363. The molecular formula is C29H40O5S. The van der Waals surface area contributed by atoms with E-state index in [1.54, 1.807) is 0 Å². The maximum atomic E-state index is 13.5. The summed E-state index contributed by atoms with van der Waals surface area (Å²) < 4.78 is 6.28. The van der Waals surface area contributed by atoms with Gasteiger partial charge in [0.25, 0.3) is 0 Å². The molecule has 0 aliphatic heterocycles. The Balaban J connectivity index is 1.66. The summed E-state index contributed by atoms with van der Waals surface area (Å²) in [6.45, 7) is 12.5. The average Bonchev–Trinajstić information content (AvgIpc) is 3.21. The van der Waals surface area contributed by atoms with Crippen molar-refractivity contribution in [3.63, 3.8) is 0 Å². The van der Waals surface area contributed by atoms with Crippen LogP contribution in [0.3, 0.4) is 0 Å². The SMILES string of the molecule is C=C[C@]1(C)C[C@@H](OC(=O)CSc2cccc(CO)c2)[C@]2(C)C(C)CCC3(CCC(=O)C32)[C@@H](C)[C@@H]1O. The molecule has 5 nitrogen and oxygen atoms in total. The van der Waals surface area contributed by atoms with Gasteiger partial charge in [-0.1, -0.05) is 45.9 Å². The molecule has 3 aliphatic rings. The number of hydrogen-bond acceptors (Lipinski definition) is 6. The Bertz CT molecular complexity index is 993. The van der Waals surface area contributed by atoms with Gasteiger partial charge >= 0.3 is 5.97 Å². The number of benzene rings is 1. The Morgan fingerprint density at radius 3 is 2.71 bits per heavy atom. The molecule has 2 bridgehead atoms. The maximum Gasteiger partial charge on any atom is 0.316 e. The molecule has 0 radical (unpaired) electrons. The van der Waals surface area contributed by atoms with Crippen molar-refractivity contribution in [1.29, 1.82) is 0 Å². The maximum absolute atomic E-state index is 13.5. The third-order valence-electron chi connectivity index (χ3n) is 10.0. The fourth-order valence-corrected chi connectivity index (χ4v) is 8.33. The van der Waals surface area contributed by atoms with E-state index in [4.69, 9.17) is 4.74 Å². The largest absolute Gasteiger partial charge is 0.461 e. The molecule has 0 spiro atoms. The first-order valence-electron chi connectivity index (χ1n) is 12.9.